The fraction of sp³-hybridized carbons (Fsp3) is 0.400. The van der Waals surface area contributed by atoms with Gasteiger partial charge in [-0.05, 0) is 41.6 Å². The summed E-state index contributed by atoms with van der Waals surface area (Å²) >= 11 is 2.38. The lowest BCUT2D eigenvalue weighted by Gasteiger charge is -2.17. The lowest BCUT2D eigenvalue weighted by atomic mass is 10.2. The molecule has 0 bridgehead atoms. The predicted octanol–water partition coefficient (Wildman–Crippen LogP) is 2.79. The molecule has 0 aliphatic rings. The van der Waals surface area contributed by atoms with Crippen molar-refractivity contribution in [2.75, 3.05) is 30.9 Å². The van der Waals surface area contributed by atoms with Crippen LogP contribution in [0, 0.1) is 3.57 Å². The molecular weight excluding hydrogens is 275 g/mol. The van der Waals surface area contributed by atoms with Gasteiger partial charge in [-0.25, -0.2) is 0 Å². The number of hydrogen-bond donors (Lipinski definition) is 1. The van der Waals surface area contributed by atoms with Crippen molar-refractivity contribution in [2.24, 2.45) is 0 Å². The molecule has 0 saturated heterocycles. The maximum Gasteiger partial charge on any atom is 0.0595 e. The zero-order chi connectivity index (χ0) is 9.84. The third-order valence-corrected chi connectivity index (χ3v) is 2.96. The molecule has 0 radical (unpaired) electrons. The summed E-state index contributed by atoms with van der Waals surface area (Å²) in [6.07, 6.45) is 0. The predicted molar refractivity (Wildman–Crippen MR) is 67.6 cm³/mol. The van der Waals surface area contributed by atoms with Crippen molar-refractivity contribution in [2.45, 2.75) is 6.92 Å². The van der Waals surface area contributed by atoms with E-state index in [0.29, 0.717) is 0 Å². The van der Waals surface area contributed by atoms with Crippen molar-refractivity contribution in [1.82, 2.24) is 0 Å². The van der Waals surface area contributed by atoms with Crippen LogP contribution in [0.15, 0.2) is 18.2 Å². The number of nitrogens with zero attached hydrogens (tertiary/aromatic N) is 1. The zero-order valence-electron chi connectivity index (χ0n) is 8.26. The van der Waals surface area contributed by atoms with Crippen LogP contribution in [0.5, 0.6) is 0 Å². The van der Waals surface area contributed by atoms with Crippen molar-refractivity contribution in [3.63, 3.8) is 0 Å². The summed E-state index contributed by atoms with van der Waals surface area (Å²) in [6.45, 7) is 3.07. The smallest absolute Gasteiger partial charge is 0.0595 e. The minimum Gasteiger partial charge on any atom is -0.384 e. The Morgan fingerprint density at radius 1 is 1.38 bits per heavy atom. The highest BCUT2D eigenvalue weighted by Gasteiger charge is 2.05. The molecular formula is C10H15IN2. The average molecular weight is 290 g/mol. The van der Waals surface area contributed by atoms with Crippen molar-refractivity contribution >= 4 is 34.0 Å². The van der Waals surface area contributed by atoms with Crippen LogP contribution in [0.1, 0.15) is 6.92 Å². The van der Waals surface area contributed by atoms with Crippen molar-refractivity contribution in [3.05, 3.63) is 21.8 Å². The summed E-state index contributed by atoms with van der Waals surface area (Å²) in [5, 5.41) is 3.34. The second kappa shape index (κ2) is 4.69. The van der Waals surface area contributed by atoms with Gasteiger partial charge in [0.25, 0.3) is 0 Å². The molecule has 0 amide bonds. The van der Waals surface area contributed by atoms with E-state index in [2.05, 4.69) is 72.0 Å². The Morgan fingerprint density at radius 3 is 2.62 bits per heavy atom. The van der Waals surface area contributed by atoms with Crippen LogP contribution in [0.25, 0.3) is 0 Å². The van der Waals surface area contributed by atoms with Crippen LogP contribution in [0.3, 0.4) is 0 Å². The Bertz CT molecular complexity index is 284. The van der Waals surface area contributed by atoms with Crippen molar-refractivity contribution in [3.8, 4) is 0 Å². The van der Waals surface area contributed by atoms with E-state index in [4.69, 9.17) is 0 Å². The maximum absolute atomic E-state index is 3.34. The molecule has 1 aromatic carbocycles. The molecule has 0 atom stereocenters. The van der Waals surface area contributed by atoms with E-state index in [0.717, 1.165) is 6.54 Å². The van der Waals surface area contributed by atoms with Crippen LogP contribution < -0.4 is 10.2 Å². The number of halogens is 1. The molecule has 13 heavy (non-hydrogen) atoms. The summed E-state index contributed by atoms with van der Waals surface area (Å²) in [6, 6.07) is 6.32. The topological polar surface area (TPSA) is 15.3 Å². The number of hydrogen-bond acceptors (Lipinski definition) is 2. The van der Waals surface area contributed by atoms with Crippen molar-refractivity contribution < 1.29 is 0 Å². The van der Waals surface area contributed by atoms with E-state index in [1.165, 1.54) is 14.9 Å². The monoisotopic (exact) mass is 290 g/mol. The highest BCUT2D eigenvalue weighted by atomic mass is 127. The first-order valence-electron chi connectivity index (χ1n) is 4.36. The summed E-state index contributed by atoms with van der Waals surface area (Å²) in [5.41, 5.74) is 2.48. The molecule has 0 spiro atoms. The highest BCUT2D eigenvalue weighted by Crippen LogP contribution is 2.27. The SMILES string of the molecule is CCNc1cccc(N(C)C)c1I. The molecule has 0 saturated carbocycles. The Kier molecular flexibility index (Phi) is 3.84. The number of anilines is 2. The molecule has 1 aromatic rings. The Balaban J connectivity index is 3.03. The van der Waals surface area contributed by atoms with Gasteiger partial charge in [-0.3, -0.25) is 0 Å². The lowest BCUT2D eigenvalue weighted by molar-refractivity contribution is 1.12. The average Bonchev–Trinajstić information content (AvgIpc) is 2.08. The molecule has 0 aromatic heterocycles. The van der Waals surface area contributed by atoms with E-state index < -0.39 is 0 Å². The van der Waals surface area contributed by atoms with Gasteiger partial charge in [0.15, 0.2) is 0 Å². The summed E-state index contributed by atoms with van der Waals surface area (Å²) in [5.74, 6) is 0. The zero-order valence-corrected chi connectivity index (χ0v) is 10.4. The van der Waals surface area contributed by atoms with E-state index in [1.54, 1.807) is 0 Å². The number of nitrogens with one attached hydrogen (secondary N) is 1. The van der Waals surface area contributed by atoms with Gasteiger partial charge in [-0.15, -0.1) is 0 Å². The highest BCUT2D eigenvalue weighted by molar-refractivity contribution is 14.1. The van der Waals surface area contributed by atoms with Gasteiger partial charge in [0.2, 0.25) is 0 Å². The van der Waals surface area contributed by atoms with E-state index in [-0.39, 0.29) is 0 Å². The summed E-state index contributed by atoms with van der Waals surface area (Å²) in [4.78, 5) is 2.13. The fourth-order valence-electron chi connectivity index (χ4n) is 1.19. The maximum atomic E-state index is 3.34. The standard InChI is InChI=1S/C10H15IN2/c1-4-12-8-6-5-7-9(10(8)11)13(2)3/h5-7,12H,4H2,1-3H3. The summed E-state index contributed by atoms with van der Waals surface area (Å²) in [7, 11) is 4.13. The number of benzene rings is 1. The molecule has 0 fully saturated rings. The van der Waals surface area contributed by atoms with Crippen LogP contribution in [0.4, 0.5) is 11.4 Å². The minimum atomic E-state index is 0.965. The van der Waals surface area contributed by atoms with Gasteiger partial charge >= 0.3 is 0 Å². The van der Waals surface area contributed by atoms with Gasteiger partial charge < -0.3 is 10.2 Å². The van der Waals surface area contributed by atoms with Crippen LogP contribution >= 0.6 is 22.6 Å². The second-order valence-corrected chi connectivity index (χ2v) is 4.14. The molecule has 0 unspecified atom stereocenters. The lowest BCUT2D eigenvalue weighted by Crippen LogP contribution is -2.11. The second-order valence-electron chi connectivity index (χ2n) is 3.06. The van der Waals surface area contributed by atoms with Crippen molar-refractivity contribution in [1.29, 1.82) is 0 Å². The molecule has 0 aliphatic heterocycles. The number of rotatable bonds is 3. The minimum absolute atomic E-state index is 0.965. The molecule has 1 rings (SSSR count). The summed E-state index contributed by atoms with van der Waals surface area (Å²) < 4.78 is 1.28. The van der Waals surface area contributed by atoms with Gasteiger partial charge in [0, 0.05) is 26.3 Å². The Morgan fingerprint density at radius 2 is 2.08 bits per heavy atom. The van der Waals surface area contributed by atoms with E-state index in [1.807, 2.05) is 0 Å². The fourth-order valence-corrected chi connectivity index (χ4v) is 2.22. The third kappa shape index (κ3) is 2.49. The van der Waals surface area contributed by atoms with Gasteiger partial charge in [-0.1, -0.05) is 6.07 Å². The van der Waals surface area contributed by atoms with Crippen LogP contribution in [-0.2, 0) is 0 Å². The van der Waals surface area contributed by atoms with Gasteiger partial charge in [0.1, 0.15) is 0 Å². The Hall–Kier alpha value is -0.450. The molecule has 72 valence electrons. The first kappa shape index (κ1) is 10.6. The quantitative estimate of drug-likeness (QED) is 0.861. The third-order valence-electron chi connectivity index (χ3n) is 1.83. The van der Waals surface area contributed by atoms with Gasteiger partial charge in [0.05, 0.1) is 9.26 Å². The Labute approximate surface area is 93.5 Å². The molecule has 0 heterocycles. The molecule has 0 aliphatic carbocycles. The normalized spacial score (nSPS) is 9.85. The van der Waals surface area contributed by atoms with Crippen LogP contribution in [-0.4, -0.2) is 20.6 Å². The van der Waals surface area contributed by atoms with E-state index in [9.17, 15) is 0 Å². The van der Waals surface area contributed by atoms with Crippen LogP contribution in [0.2, 0.25) is 0 Å². The molecule has 3 heteroatoms. The first-order chi connectivity index (χ1) is 6.16. The van der Waals surface area contributed by atoms with E-state index >= 15 is 0 Å². The largest absolute Gasteiger partial charge is 0.384 e. The molecule has 1 N–H and O–H groups in total. The van der Waals surface area contributed by atoms with Gasteiger partial charge in [-0.2, -0.15) is 0 Å². The first-order valence-corrected chi connectivity index (χ1v) is 5.44. The molecule has 2 nitrogen and oxygen atoms in total.